The Bertz CT molecular complexity index is 854. The Morgan fingerprint density at radius 1 is 1.23 bits per heavy atom. The van der Waals surface area contributed by atoms with Crippen LogP contribution in [0.1, 0.15) is 17.5 Å². The molecule has 0 saturated heterocycles. The number of ether oxygens (including phenoxy) is 1. The Morgan fingerprint density at radius 3 is 2.95 bits per heavy atom. The monoisotopic (exact) mass is 310 g/mol. The van der Waals surface area contributed by atoms with E-state index in [0.29, 0.717) is 0 Å². The first kappa shape index (κ1) is 13.7. The molecule has 0 aliphatic heterocycles. The van der Waals surface area contributed by atoms with Crippen molar-refractivity contribution in [2.24, 2.45) is 0 Å². The average molecular weight is 310 g/mol. The Balaban J connectivity index is 1.92. The summed E-state index contributed by atoms with van der Waals surface area (Å²) in [7, 11) is 1.70. The van der Waals surface area contributed by atoms with Gasteiger partial charge in [0.1, 0.15) is 5.75 Å². The Hall–Kier alpha value is -1.94. The van der Waals surface area contributed by atoms with Crippen molar-refractivity contribution in [1.82, 2.24) is 9.97 Å². The molecule has 2 aromatic heterocycles. The number of fused-ring (bicyclic) bond motifs is 2. The van der Waals surface area contributed by atoms with Crippen LogP contribution in [-0.2, 0) is 12.8 Å². The largest absolute Gasteiger partial charge is 0.497 e. The lowest BCUT2D eigenvalue weighted by Crippen LogP contribution is -1.94. The average Bonchev–Trinajstić information content (AvgIpc) is 3.19. The highest BCUT2D eigenvalue weighted by Crippen LogP contribution is 2.36. The second kappa shape index (κ2) is 5.36. The predicted octanol–water partition coefficient (Wildman–Crippen LogP) is 4.45. The molecular weight excluding hydrogens is 292 g/mol. The summed E-state index contributed by atoms with van der Waals surface area (Å²) in [5.74, 6) is 0.875. The van der Waals surface area contributed by atoms with Crippen LogP contribution in [0.15, 0.2) is 35.5 Å². The summed E-state index contributed by atoms with van der Waals surface area (Å²) in [5, 5.41) is 2.35. The first-order valence-corrected chi connectivity index (χ1v) is 8.75. The van der Waals surface area contributed by atoms with Crippen molar-refractivity contribution in [3.63, 3.8) is 0 Å². The van der Waals surface area contributed by atoms with E-state index in [4.69, 9.17) is 9.72 Å². The third kappa shape index (κ3) is 2.10. The van der Waals surface area contributed by atoms with E-state index in [1.807, 2.05) is 6.07 Å². The summed E-state index contributed by atoms with van der Waals surface area (Å²) in [6.07, 6.45) is 7.75. The summed E-state index contributed by atoms with van der Waals surface area (Å²) in [6, 6.07) is 8.38. The molecule has 22 heavy (non-hydrogen) atoms. The predicted molar refractivity (Wildman–Crippen MR) is 91.9 cm³/mol. The van der Waals surface area contributed by atoms with Crippen LogP contribution in [0, 0.1) is 0 Å². The number of benzene rings is 1. The molecule has 0 fully saturated rings. The fourth-order valence-electron chi connectivity index (χ4n) is 3.29. The van der Waals surface area contributed by atoms with Gasteiger partial charge >= 0.3 is 0 Å². The van der Waals surface area contributed by atoms with Crippen molar-refractivity contribution in [2.75, 3.05) is 13.4 Å². The van der Waals surface area contributed by atoms with Gasteiger partial charge in [0.25, 0.3) is 0 Å². The molecule has 0 radical (unpaired) electrons. The third-order valence-corrected chi connectivity index (χ3v) is 5.13. The van der Waals surface area contributed by atoms with E-state index in [-0.39, 0.29) is 0 Å². The van der Waals surface area contributed by atoms with Crippen molar-refractivity contribution >= 4 is 22.7 Å². The van der Waals surface area contributed by atoms with Crippen LogP contribution in [0.2, 0.25) is 0 Å². The molecule has 0 saturated carbocycles. The zero-order chi connectivity index (χ0) is 15.1. The first-order chi connectivity index (χ1) is 10.8. The van der Waals surface area contributed by atoms with E-state index in [1.54, 1.807) is 18.9 Å². The molecule has 1 aliphatic carbocycles. The van der Waals surface area contributed by atoms with Gasteiger partial charge in [-0.05, 0) is 60.9 Å². The summed E-state index contributed by atoms with van der Waals surface area (Å²) in [5.41, 5.74) is 6.24. The molecule has 1 N–H and O–H groups in total. The topological polar surface area (TPSA) is 37.9 Å². The molecule has 1 aliphatic rings. The lowest BCUT2D eigenvalue weighted by molar-refractivity contribution is 0.415. The van der Waals surface area contributed by atoms with Crippen molar-refractivity contribution in [2.45, 2.75) is 24.3 Å². The number of aryl methyl sites for hydroxylation is 1. The van der Waals surface area contributed by atoms with Crippen molar-refractivity contribution < 1.29 is 4.74 Å². The number of hydrogen-bond acceptors (Lipinski definition) is 3. The maximum absolute atomic E-state index is 5.36. The van der Waals surface area contributed by atoms with E-state index >= 15 is 0 Å². The Labute approximate surface area is 134 Å². The van der Waals surface area contributed by atoms with Crippen LogP contribution in [0.25, 0.3) is 22.2 Å². The van der Waals surface area contributed by atoms with Crippen LogP contribution < -0.4 is 4.74 Å². The van der Waals surface area contributed by atoms with Crippen LogP contribution >= 0.6 is 11.8 Å². The zero-order valence-corrected chi connectivity index (χ0v) is 13.6. The molecule has 4 rings (SSSR count). The number of nitrogens with zero attached hydrogens (tertiary/aromatic N) is 1. The molecule has 3 aromatic rings. The van der Waals surface area contributed by atoms with Crippen molar-refractivity contribution in [3.8, 4) is 17.0 Å². The maximum Gasteiger partial charge on any atom is 0.119 e. The number of nitrogens with one attached hydrogen (secondary N) is 1. The van der Waals surface area contributed by atoms with Gasteiger partial charge in [0.05, 0.1) is 17.8 Å². The van der Waals surface area contributed by atoms with Crippen LogP contribution in [-0.4, -0.2) is 23.3 Å². The van der Waals surface area contributed by atoms with Gasteiger partial charge in [-0.1, -0.05) is 0 Å². The Kier molecular flexibility index (Phi) is 3.34. The quantitative estimate of drug-likeness (QED) is 0.726. The maximum atomic E-state index is 5.36. The van der Waals surface area contributed by atoms with Gasteiger partial charge in [0.15, 0.2) is 0 Å². The van der Waals surface area contributed by atoms with Gasteiger partial charge in [-0.2, -0.15) is 0 Å². The number of rotatable bonds is 3. The van der Waals surface area contributed by atoms with Gasteiger partial charge in [0.2, 0.25) is 0 Å². The number of methoxy groups -OCH3 is 1. The molecule has 112 valence electrons. The van der Waals surface area contributed by atoms with Crippen molar-refractivity contribution in [3.05, 3.63) is 41.6 Å². The molecule has 4 heteroatoms. The highest BCUT2D eigenvalue weighted by atomic mass is 32.2. The fourth-order valence-corrected chi connectivity index (χ4v) is 3.96. The molecule has 0 amide bonds. The minimum absolute atomic E-state index is 0.875. The molecule has 0 bridgehead atoms. The standard InChI is InChI=1S/C18H18N2OS/c1-21-12-6-7-16-14(9-12)15(10-19-16)17-8-11-4-3-5-13(11)18(20-17)22-2/h6-10,19H,3-5H2,1-2H3. The lowest BCUT2D eigenvalue weighted by atomic mass is 10.1. The number of pyridine rings is 1. The van der Waals surface area contributed by atoms with Gasteiger partial charge in [-0.3, -0.25) is 0 Å². The molecule has 0 spiro atoms. The summed E-state index contributed by atoms with van der Waals surface area (Å²) >= 11 is 1.75. The zero-order valence-electron chi connectivity index (χ0n) is 12.8. The smallest absolute Gasteiger partial charge is 0.119 e. The molecule has 1 aromatic carbocycles. The van der Waals surface area contributed by atoms with E-state index in [0.717, 1.165) is 27.9 Å². The first-order valence-electron chi connectivity index (χ1n) is 7.52. The van der Waals surface area contributed by atoms with E-state index in [2.05, 4.69) is 35.6 Å². The van der Waals surface area contributed by atoms with E-state index < -0.39 is 0 Å². The number of H-pyrrole nitrogens is 1. The molecule has 0 atom stereocenters. The highest BCUT2D eigenvalue weighted by molar-refractivity contribution is 7.98. The van der Waals surface area contributed by atoms with Crippen molar-refractivity contribution in [1.29, 1.82) is 0 Å². The van der Waals surface area contributed by atoms with Gasteiger partial charge < -0.3 is 9.72 Å². The summed E-state index contributed by atoms with van der Waals surface area (Å²) in [6.45, 7) is 0. The van der Waals surface area contributed by atoms with E-state index in [1.165, 1.54) is 35.4 Å². The highest BCUT2D eigenvalue weighted by Gasteiger charge is 2.19. The second-order valence-electron chi connectivity index (χ2n) is 5.62. The SMILES string of the molecule is COc1ccc2[nH]cc(-c3cc4c(c(SC)n3)CCC4)c2c1. The summed E-state index contributed by atoms with van der Waals surface area (Å²) < 4.78 is 5.36. The Morgan fingerprint density at radius 2 is 2.14 bits per heavy atom. The van der Waals surface area contributed by atoms with Gasteiger partial charge in [-0.15, -0.1) is 11.8 Å². The van der Waals surface area contributed by atoms with Gasteiger partial charge in [0, 0.05) is 22.7 Å². The molecule has 2 heterocycles. The summed E-state index contributed by atoms with van der Waals surface area (Å²) in [4.78, 5) is 8.25. The third-order valence-electron chi connectivity index (χ3n) is 4.41. The van der Waals surface area contributed by atoms with Crippen LogP contribution in [0.5, 0.6) is 5.75 Å². The molecule has 3 nitrogen and oxygen atoms in total. The second-order valence-corrected chi connectivity index (χ2v) is 6.42. The minimum atomic E-state index is 0.875. The normalized spacial score (nSPS) is 13.5. The fraction of sp³-hybridized carbons (Fsp3) is 0.278. The van der Waals surface area contributed by atoms with Crippen LogP contribution in [0.4, 0.5) is 0 Å². The molecular formula is C18H18N2OS. The number of hydrogen-bond donors (Lipinski definition) is 1. The van der Waals surface area contributed by atoms with Gasteiger partial charge in [-0.25, -0.2) is 4.98 Å². The van der Waals surface area contributed by atoms with Crippen LogP contribution in [0.3, 0.4) is 0 Å². The number of aromatic nitrogens is 2. The molecule has 0 unspecified atom stereocenters. The number of aromatic amines is 1. The van der Waals surface area contributed by atoms with E-state index in [9.17, 15) is 0 Å². The lowest BCUT2D eigenvalue weighted by Gasteiger charge is -2.09. The number of thioether (sulfide) groups is 1. The minimum Gasteiger partial charge on any atom is -0.497 e.